The molecule has 0 spiro atoms. The van der Waals surface area contributed by atoms with Crippen molar-refractivity contribution < 1.29 is 9.59 Å². The van der Waals surface area contributed by atoms with Gasteiger partial charge in [-0.15, -0.1) is 0 Å². The third-order valence-corrected chi connectivity index (χ3v) is 4.47. The van der Waals surface area contributed by atoms with E-state index in [1.807, 2.05) is 4.90 Å². The minimum Gasteiger partial charge on any atom is -0.397 e. The Kier molecular flexibility index (Phi) is 4.27. The second kappa shape index (κ2) is 6.34. The molecule has 0 aliphatic carbocycles. The number of likely N-dealkylation sites (tertiary alicyclic amines) is 2. The zero-order valence-electron chi connectivity index (χ0n) is 12.7. The van der Waals surface area contributed by atoms with E-state index in [1.165, 1.54) is 12.6 Å². The monoisotopic (exact) mass is 302 g/mol. The number of nitrogens with zero attached hydrogens (tertiary/aromatic N) is 3. The van der Waals surface area contributed by atoms with E-state index in [0.29, 0.717) is 17.9 Å². The van der Waals surface area contributed by atoms with Gasteiger partial charge >= 0.3 is 0 Å². The maximum absolute atomic E-state index is 12.7. The average molecular weight is 302 g/mol. The van der Waals surface area contributed by atoms with Gasteiger partial charge in [-0.05, 0) is 44.2 Å². The van der Waals surface area contributed by atoms with E-state index in [4.69, 9.17) is 5.73 Å². The summed E-state index contributed by atoms with van der Waals surface area (Å²) in [5.41, 5.74) is 6.49. The van der Waals surface area contributed by atoms with Gasteiger partial charge in [0.2, 0.25) is 5.91 Å². The summed E-state index contributed by atoms with van der Waals surface area (Å²) in [4.78, 5) is 33.0. The normalized spacial score (nSPS) is 21.9. The predicted molar refractivity (Wildman–Crippen MR) is 83.1 cm³/mol. The fraction of sp³-hybridized carbons (Fsp3) is 0.562. The van der Waals surface area contributed by atoms with Gasteiger partial charge < -0.3 is 15.5 Å². The molecule has 6 nitrogen and oxygen atoms in total. The van der Waals surface area contributed by atoms with Crippen LogP contribution in [0.5, 0.6) is 0 Å². The average Bonchev–Trinajstić information content (AvgIpc) is 3.04. The molecule has 3 heterocycles. The second-order valence-electron chi connectivity index (χ2n) is 6.02. The van der Waals surface area contributed by atoms with Gasteiger partial charge in [-0.2, -0.15) is 0 Å². The lowest BCUT2D eigenvalue weighted by molar-refractivity contribution is -0.136. The molecule has 0 radical (unpaired) electrons. The van der Waals surface area contributed by atoms with Gasteiger partial charge in [-0.3, -0.25) is 9.59 Å². The van der Waals surface area contributed by atoms with Gasteiger partial charge in [0, 0.05) is 19.6 Å². The second-order valence-corrected chi connectivity index (χ2v) is 6.02. The minimum absolute atomic E-state index is 0.0981. The first-order valence-electron chi connectivity index (χ1n) is 7.98. The third kappa shape index (κ3) is 2.91. The van der Waals surface area contributed by atoms with Crippen molar-refractivity contribution in [3.05, 3.63) is 24.0 Å². The van der Waals surface area contributed by atoms with Crippen LogP contribution in [0.2, 0.25) is 0 Å². The number of hydrogen-bond donors (Lipinski definition) is 1. The molecule has 2 fully saturated rings. The highest BCUT2D eigenvalue weighted by molar-refractivity contribution is 5.96. The molecule has 2 N–H and O–H groups in total. The number of anilines is 1. The lowest BCUT2D eigenvalue weighted by Gasteiger charge is -2.32. The molecule has 2 amide bonds. The van der Waals surface area contributed by atoms with E-state index >= 15 is 0 Å². The van der Waals surface area contributed by atoms with E-state index in [9.17, 15) is 9.59 Å². The smallest absolute Gasteiger partial charge is 0.273 e. The summed E-state index contributed by atoms with van der Waals surface area (Å²) in [7, 11) is 0. The summed E-state index contributed by atoms with van der Waals surface area (Å²) in [5, 5.41) is 0. The van der Waals surface area contributed by atoms with Crippen molar-refractivity contribution in [2.24, 2.45) is 0 Å². The summed E-state index contributed by atoms with van der Waals surface area (Å²) in [6.45, 7) is 2.25. The Bertz CT molecular complexity index is 552. The van der Waals surface area contributed by atoms with Crippen molar-refractivity contribution in [2.45, 2.75) is 38.1 Å². The number of hydrogen-bond acceptors (Lipinski definition) is 4. The van der Waals surface area contributed by atoms with Crippen LogP contribution < -0.4 is 5.73 Å². The fourth-order valence-corrected chi connectivity index (χ4v) is 3.27. The van der Waals surface area contributed by atoms with Gasteiger partial charge in [0.15, 0.2) is 0 Å². The number of nitrogen functional groups attached to an aromatic ring is 1. The molecule has 22 heavy (non-hydrogen) atoms. The molecule has 2 aliphatic rings. The molecule has 3 rings (SSSR count). The number of carbonyl (C=O) groups is 2. The Morgan fingerprint density at radius 1 is 1.09 bits per heavy atom. The summed E-state index contributed by atoms with van der Waals surface area (Å²) < 4.78 is 0. The highest BCUT2D eigenvalue weighted by atomic mass is 16.2. The number of rotatable bonds is 2. The van der Waals surface area contributed by atoms with Crippen LogP contribution in [0.15, 0.2) is 18.3 Å². The zero-order valence-corrected chi connectivity index (χ0v) is 12.7. The molecule has 118 valence electrons. The van der Waals surface area contributed by atoms with E-state index in [1.54, 1.807) is 17.0 Å². The largest absolute Gasteiger partial charge is 0.397 e. The van der Waals surface area contributed by atoms with Gasteiger partial charge in [-0.25, -0.2) is 4.98 Å². The molecular weight excluding hydrogens is 280 g/mol. The number of pyridine rings is 1. The van der Waals surface area contributed by atoms with Crippen molar-refractivity contribution >= 4 is 17.5 Å². The van der Waals surface area contributed by atoms with Crippen LogP contribution in [-0.4, -0.2) is 52.3 Å². The maximum atomic E-state index is 12.7. The highest BCUT2D eigenvalue weighted by Gasteiger charge is 2.37. The number of aromatic nitrogens is 1. The Balaban J connectivity index is 1.73. The Morgan fingerprint density at radius 2 is 1.86 bits per heavy atom. The minimum atomic E-state index is -0.329. The standard InChI is InChI=1S/C16H22N4O2/c17-12-6-7-13(18-11-12)15(21)20-10-4-5-14(20)16(22)19-8-2-1-3-9-19/h6-7,11,14H,1-5,8-10,17H2. The van der Waals surface area contributed by atoms with Crippen LogP contribution in [0.3, 0.4) is 0 Å². The molecule has 0 saturated carbocycles. The van der Waals surface area contributed by atoms with Crippen molar-refractivity contribution in [3.8, 4) is 0 Å². The van der Waals surface area contributed by atoms with E-state index in [0.717, 1.165) is 38.8 Å². The summed E-state index contributed by atoms with van der Waals surface area (Å²) in [5.74, 6) is -0.0751. The van der Waals surface area contributed by atoms with Crippen molar-refractivity contribution in [3.63, 3.8) is 0 Å². The predicted octanol–water partition coefficient (Wildman–Crippen LogP) is 1.28. The van der Waals surface area contributed by atoms with Crippen molar-refractivity contribution in [1.82, 2.24) is 14.8 Å². The van der Waals surface area contributed by atoms with Crippen LogP contribution in [0, 0.1) is 0 Å². The maximum Gasteiger partial charge on any atom is 0.273 e. The first kappa shape index (κ1) is 14.8. The van der Waals surface area contributed by atoms with Crippen LogP contribution in [0.1, 0.15) is 42.6 Å². The van der Waals surface area contributed by atoms with Crippen LogP contribution in [0.4, 0.5) is 5.69 Å². The summed E-state index contributed by atoms with van der Waals surface area (Å²) >= 11 is 0. The Morgan fingerprint density at radius 3 is 2.55 bits per heavy atom. The SMILES string of the molecule is Nc1ccc(C(=O)N2CCCC2C(=O)N2CCCCC2)nc1. The lowest BCUT2D eigenvalue weighted by Crippen LogP contribution is -2.49. The topological polar surface area (TPSA) is 79.5 Å². The van der Waals surface area contributed by atoms with Gasteiger partial charge in [0.1, 0.15) is 11.7 Å². The van der Waals surface area contributed by atoms with E-state index < -0.39 is 0 Å². The van der Waals surface area contributed by atoms with Crippen molar-refractivity contribution in [2.75, 3.05) is 25.4 Å². The molecule has 0 aromatic carbocycles. The van der Waals surface area contributed by atoms with E-state index in [-0.39, 0.29) is 17.9 Å². The van der Waals surface area contributed by atoms with Crippen LogP contribution in [-0.2, 0) is 4.79 Å². The van der Waals surface area contributed by atoms with Gasteiger partial charge in [-0.1, -0.05) is 0 Å². The summed E-state index contributed by atoms with van der Waals surface area (Å²) in [6, 6.07) is 2.96. The molecule has 1 aromatic heterocycles. The molecular formula is C16H22N4O2. The number of piperidine rings is 1. The van der Waals surface area contributed by atoms with Crippen LogP contribution >= 0.6 is 0 Å². The van der Waals surface area contributed by atoms with Crippen LogP contribution in [0.25, 0.3) is 0 Å². The lowest BCUT2D eigenvalue weighted by atomic mass is 10.1. The highest BCUT2D eigenvalue weighted by Crippen LogP contribution is 2.23. The Hall–Kier alpha value is -2.11. The van der Waals surface area contributed by atoms with Gasteiger partial charge in [0.25, 0.3) is 5.91 Å². The number of nitrogens with two attached hydrogens (primary N) is 1. The molecule has 0 bridgehead atoms. The Labute approximate surface area is 130 Å². The molecule has 2 saturated heterocycles. The first-order valence-corrected chi connectivity index (χ1v) is 7.98. The van der Waals surface area contributed by atoms with E-state index in [2.05, 4.69) is 4.98 Å². The quantitative estimate of drug-likeness (QED) is 0.892. The molecule has 2 aliphatic heterocycles. The molecule has 1 unspecified atom stereocenters. The zero-order chi connectivity index (χ0) is 15.5. The third-order valence-electron chi connectivity index (χ3n) is 4.47. The van der Waals surface area contributed by atoms with Gasteiger partial charge in [0.05, 0.1) is 11.9 Å². The molecule has 1 atom stereocenters. The summed E-state index contributed by atoms with van der Waals surface area (Å²) in [6.07, 6.45) is 6.40. The fourth-order valence-electron chi connectivity index (χ4n) is 3.27. The number of carbonyl (C=O) groups excluding carboxylic acids is 2. The van der Waals surface area contributed by atoms with Crippen molar-refractivity contribution in [1.29, 1.82) is 0 Å². The molecule has 1 aromatic rings. The molecule has 6 heteroatoms. The first-order chi connectivity index (χ1) is 10.7. The number of amides is 2.